The van der Waals surface area contributed by atoms with Crippen molar-refractivity contribution in [2.24, 2.45) is 0 Å². The van der Waals surface area contributed by atoms with Gasteiger partial charge in [0.15, 0.2) is 17.3 Å². The fourth-order valence-corrected chi connectivity index (χ4v) is 2.95. The predicted octanol–water partition coefficient (Wildman–Crippen LogP) is 4.22. The smallest absolute Gasteiger partial charge is 0.249 e. The van der Waals surface area contributed by atoms with Gasteiger partial charge in [-0.15, -0.1) is 5.10 Å². The number of hydrogen-bond donors (Lipinski definition) is 2. The van der Waals surface area contributed by atoms with E-state index in [0.717, 1.165) is 24.5 Å². The summed E-state index contributed by atoms with van der Waals surface area (Å²) >= 11 is 0. The van der Waals surface area contributed by atoms with Crippen LogP contribution < -0.4 is 25.0 Å². The van der Waals surface area contributed by atoms with Gasteiger partial charge in [-0.3, -0.25) is 0 Å². The number of nitrogens with zero attached hydrogens (tertiary/aromatic N) is 4. The van der Waals surface area contributed by atoms with Gasteiger partial charge >= 0.3 is 0 Å². The first-order valence-corrected chi connectivity index (χ1v) is 9.47. The van der Waals surface area contributed by atoms with E-state index in [1.807, 2.05) is 30.3 Å². The van der Waals surface area contributed by atoms with Crippen molar-refractivity contribution < 1.29 is 9.47 Å². The van der Waals surface area contributed by atoms with Crippen LogP contribution in [0.15, 0.2) is 48.7 Å². The van der Waals surface area contributed by atoms with Crippen molar-refractivity contribution in [2.45, 2.75) is 13.8 Å². The Bertz CT molecular complexity index is 929. The van der Waals surface area contributed by atoms with Gasteiger partial charge in [-0.1, -0.05) is 0 Å². The van der Waals surface area contributed by atoms with Crippen LogP contribution in [-0.4, -0.2) is 42.5 Å². The largest absolute Gasteiger partial charge is 0.493 e. The topological polar surface area (TPSA) is 84.4 Å². The first kappa shape index (κ1) is 20.2. The standard InChI is InChI=1S/C21H26N6O2/c1-5-27(6-2)17-10-7-15(8-11-17)23-20-14-22-26-21(25-20)24-16-9-12-18(28-3)19(13-16)29-4/h7-14H,5-6H2,1-4H3,(H2,23,24,25,26). The van der Waals surface area contributed by atoms with Gasteiger partial charge in [0, 0.05) is 36.2 Å². The van der Waals surface area contributed by atoms with Crippen LogP contribution in [0, 0.1) is 0 Å². The molecule has 0 unspecified atom stereocenters. The molecule has 0 aliphatic heterocycles. The molecule has 0 spiro atoms. The SMILES string of the molecule is CCN(CC)c1ccc(Nc2cnnc(Nc3ccc(OC)c(OC)c3)n2)cc1. The molecule has 3 aromatic rings. The van der Waals surface area contributed by atoms with Crippen molar-refractivity contribution in [2.75, 3.05) is 42.8 Å². The Morgan fingerprint density at radius 3 is 2.21 bits per heavy atom. The molecule has 0 fully saturated rings. The zero-order valence-corrected chi connectivity index (χ0v) is 17.1. The van der Waals surface area contributed by atoms with E-state index < -0.39 is 0 Å². The first-order chi connectivity index (χ1) is 14.2. The minimum atomic E-state index is 0.377. The average Bonchev–Trinajstić information content (AvgIpc) is 2.76. The maximum atomic E-state index is 5.32. The molecule has 0 saturated heterocycles. The molecule has 0 aliphatic rings. The monoisotopic (exact) mass is 394 g/mol. The predicted molar refractivity (Wildman–Crippen MR) is 116 cm³/mol. The maximum absolute atomic E-state index is 5.32. The van der Waals surface area contributed by atoms with Crippen molar-refractivity contribution in [1.29, 1.82) is 0 Å². The summed E-state index contributed by atoms with van der Waals surface area (Å²) in [6.45, 7) is 6.25. The molecule has 8 nitrogen and oxygen atoms in total. The molecule has 2 aromatic carbocycles. The van der Waals surface area contributed by atoms with E-state index in [1.165, 1.54) is 5.69 Å². The summed E-state index contributed by atoms with van der Waals surface area (Å²) in [7, 11) is 3.19. The molecule has 8 heteroatoms. The summed E-state index contributed by atoms with van der Waals surface area (Å²) in [5.41, 5.74) is 2.89. The van der Waals surface area contributed by atoms with Crippen molar-refractivity contribution in [3.05, 3.63) is 48.7 Å². The number of methoxy groups -OCH3 is 2. The van der Waals surface area contributed by atoms with Crippen LogP contribution in [-0.2, 0) is 0 Å². The lowest BCUT2D eigenvalue weighted by Gasteiger charge is -2.21. The Morgan fingerprint density at radius 2 is 1.55 bits per heavy atom. The van der Waals surface area contributed by atoms with Gasteiger partial charge < -0.3 is 25.0 Å². The summed E-state index contributed by atoms with van der Waals surface area (Å²) in [5, 5.41) is 14.5. The Balaban J connectivity index is 1.71. The fourth-order valence-electron chi connectivity index (χ4n) is 2.95. The second kappa shape index (κ2) is 9.59. The molecular formula is C21H26N6O2. The van der Waals surface area contributed by atoms with Crippen LogP contribution >= 0.6 is 0 Å². The van der Waals surface area contributed by atoms with Crippen LogP contribution in [0.2, 0.25) is 0 Å². The van der Waals surface area contributed by atoms with Gasteiger partial charge in [0.1, 0.15) is 0 Å². The zero-order valence-electron chi connectivity index (χ0n) is 17.1. The van der Waals surface area contributed by atoms with Gasteiger partial charge in [0.2, 0.25) is 5.95 Å². The van der Waals surface area contributed by atoms with Crippen molar-refractivity contribution in [1.82, 2.24) is 15.2 Å². The summed E-state index contributed by atoms with van der Waals surface area (Å²) < 4.78 is 10.6. The number of nitrogens with one attached hydrogen (secondary N) is 2. The molecule has 0 bridgehead atoms. The van der Waals surface area contributed by atoms with Crippen LogP contribution in [0.1, 0.15) is 13.8 Å². The number of rotatable bonds is 9. The van der Waals surface area contributed by atoms with Crippen LogP contribution in [0.4, 0.5) is 28.8 Å². The molecule has 1 heterocycles. The summed E-state index contributed by atoms with van der Waals surface area (Å²) in [5.74, 6) is 2.24. The highest BCUT2D eigenvalue weighted by Crippen LogP contribution is 2.30. The van der Waals surface area contributed by atoms with E-state index in [4.69, 9.17) is 9.47 Å². The molecule has 152 valence electrons. The molecule has 3 rings (SSSR count). The number of anilines is 5. The number of ether oxygens (including phenoxy) is 2. The van der Waals surface area contributed by atoms with Crippen LogP contribution in [0.5, 0.6) is 11.5 Å². The minimum absolute atomic E-state index is 0.377. The average molecular weight is 394 g/mol. The van der Waals surface area contributed by atoms with Gasteiger partial charge in [-0.05, 0) is 50.2 Å². The summed E-state index contributed by atoms with van der Waals surface area (Å²) in [6, 6.07) is 13.7. The third-order valence-corrected chi connectivity index (χ3v) is 4.47. The van der Waals surface area contributed by atoms with Crippen LogP contribution in [0.3, 0.4) is 0 Å². The molecule has 1 aromatic heterocycles. The van der Waals surface area contributed by atoms with E-state index in [-0.39, 0.29) is 0 Å². The van der Waals surface area contributed by atoms with Gasteiger partial charge in [0.25, 0.3) is 0 Å². The highest BCUT2D eigenvalue weighted by Gasteiger charge is 2.07. The van der Waals surface area contributed by atoms with E-state index in [1.54, 1.807) is 20.4 Å². The second-order valence-electron chi connectivity index (χ2n) is 6.20. The van der Waals surface area contributed by atoms with Gasteiger partial charge in [-0.2, -0.15) is 10.1 Å². The summed E-state index contributed by atoms with van der Waals surface area (Å²) in [6.07, 6.45) is 1.58. The molecule has 0 saturated carbocycles. The first-order valence-electron chi connectivity index (χ1n) is 9.47. The fraction of sp³-hybridized carbons (Fsp3) is 0.286. The molecule has 2 N–H and O–H groups in total. The lowest BCUT2D eigenvalue weighted by Crippen LogP contribution is -2.21. The lowest BCUT2D eigenvalue weighted by molar-refractivity contribution is 0.355. The lowest BCUT2D eigenvalue weighted by atomic mass is 10.2. The molecule has 0 radical (unpaired) electrons. The third kappa shape index (κ3) is 5.04. The number of hydrogen-bond acceptors (Lipinski definition) is 8. The third-order valence-electron chi connectivity index (χ3n) is 4.47. The van der Waals surface area contributed by atoms with E-state index in [9.17, 15) is 0 Å². The van der Waals surface area contributed by atoms with Gasteiger partial charge in [0.05, 0.1) is 20.4 Å². The summed E-state index contributed by atoms with van der Waals surface area (Å²) in [4.78, 5) is 6.77. The molecular weight excluding hydrogens is 368 g/mol. The van der Waals surface area contributed by atoms with Crippen LogP contribution in [0.25, 0.3) is 0 Å². The molecule has 0 aliphatic carbocycles. The van der Waals surface area contributed by atoms with Crippen molar-refractivity contribution in [3.8, 4) is 11.5 Å². The van der Waals surface area contributed by atoms with E-state index >= 15 is 0 Å². The zero-order chi connectivity index (χ0) is 20.6. The van der Waals surface area contributed by atoms with E-state index in [2.05, 4.69) is 56.7 Å². The molecule has 29 heavy (non-hydrogen) atoms. The Morgan fingerprint density at radius 1 is 0.862 bits per heavy atom. The highest BCUT2D eigenvalue weighted by molar-refractivity contribution is 5.63. The molecule has 0 amide bonds. The normalized spacial score (nSPS) is 10.3. The Kier molecular flexibility index (Phi) is 6.67. The second-order valence-corrected chi connectivity index (χ2v) is 6.20. The van der Waals surface area contributed by atoms with Crippen molar-refractivity contribution in [3.63, 3.8) is 0 Å². The van der Waals surface area contributed by atoms with Crippen molar-refractivity contribution >= 4 is 28.8 Å². The number of aromatic nitrogens is 3. The van der Waals surface area contributed by atoms with E-state index in [0.29, 0.717) is 23.3 Å². The number of benzene rings is 2. The Hall–Kier alpha value is -3.55. The quantitative estimate of drug-likeness (QED) is 0.558. The molecule has 0 atom stereocenters. The Labute approximate surface area is 170 Å². The van der Waals surface area contributed by atoms with Gasteiger partial charge in [-0.25, -0.2) is 0 Å². The highest BCUT2D eigenvalue weighted by atomic mass is 16.5. The maximum Gasteiger partial charge on any atom is 0.249 e. The minimum Gasteiger partial charge on any atom is -0.493 e.